The third kappa shape index (κ3) is 4.53. The average Bonchev–Trinajstić information content (AvgIpc) is 3.48. The number of nitrogens with one attached hydrogen (secondary N) is 2. The monoisotopic (exact) mass is 503 g/mol. The summed E-state index contributed by atoms with van der Waals surface area (Å²) < 4.78 is 4.54. The summed E-state index contributed by atoms with van der Waals surface area (Å²) in [5.41, 5.74) is 0.613. The number of nitrogens with zero attached hydrogens (tertiary/aromatic N) is 1. The molecule has 3 aliphatic heterocycles. The van der Waals surface area contributed by atoms with E-state index in [1.54, 1.807) is 48.0 Å². The molecule has 3 N–H and O–H groups in total. The van der Waals surface area contributed by atoms with Crippen molar-refractivity contribution in [1.29, 1.82) is 0 Å². The lowest BCUT2D eigenvalue weighted by Crippen LogP contribution is -2.55. The Hall–Kier alpha value is -2.26. The molecule has 0 aliphatic carbocycles. The van der Waals surface area contributed by atoms with Crippen LogP contribution in [0.2, 0.25) is 0 Å². The number of likely N-dealkylation sites (tertiary alicyclic amines) is 1. The van der Waals surface area contributed by atoms with Crippen LogP contribution >= 0.6 is 11.8 Å². The first-order chi connectivity index (χ1) is 16.8. The van der Waals surface area contributed by atoms with E-state index in [-0.39, 0.29) is 35.5 Å². The van der Waals surface area contributed by atoms with Crippen LogP contribution in [-0.4, -0.2) is 70.1 Å². The molecule has 1 aromatic rings. The molecule has 0 saturated carbocycles. The molecule has 3 heterocycles. The van der Waals surface area contributed by atoms with Crippen LogP contribution in [0.4, 0.5) is 5.69 Å². The average molecular weight is 504 g/mol. The maximum absolute atomic E-state index is 14.0. The number of rotatable bonds is 10. The van der Waals surface area contributed by atoms with Crippen molar-refractivity contribution in [2.45, 2.75) is 68.5 Å². The number of aliphatic hydroxyl groups excluding tert-OH is 1. The van der Waals surface area contributed by atoms with E-state index < -0.39 is 28.7 Å². The summed E-state index contributed by atoms with van der Waals surface area (Å²) >= 11 is 1.64. The zero-order valence-corrected chi connectivity index (χ0v) is 21.8. The van der Waals surface area contributed by atoms with Gasteiger partial charge in [-0.15, -0.1) is 11.8 Å². The number of carbonyl (C=O) groups is 3. The van der Waals surface area contributed by atoms with Gasteiger partial charge in [0, 0.05) is 17.5 Å². The molecule has 1 spiro atoms. The van der Waals surface area contributed by atoms with Gasteiger partial charge in [-0.1, -0.05) is 20.8 Å². The van der Waals surface area contributed by atoms with Crippen LogP contribution in [0.1, 0.15) is 46.5 Å². The maximum Gasteiger partial charge on any atom is 0.248 e. The van der Waals surface area contributed by atoms with Crippen LogP contribution in [0.25, 0.3) is 0 Å². The number of benzene rings is 1. The predicted octanol–water partition coefficient (Wildman–Crippen LogP) is 2.66. The van der Waals surface area contributed by atoms with E-state index in [9.17, 15) is 19.5 Å². The Morgan fingerprint density at radius 3 is 2.57 bits per heavy atom. The van der Waals surface area contributed by atoms with Crippen molar-refractivity contribution in [1.82, 2.24) is 10.2 Å². The van der Waals surface area contributed by atoms with Gasteiger partial charge in [0.2, 0.25) is 17.7 Å². The minimum Gasteiger partial charge on any atom is -0.497 e. The summed E-state index contributed by atoms with van der Waals surface area (Å²) in [5.74, 6) is -0.631. The van der Waals surface area contributed by atoms with Gasteiger partial charge in [-0.2, -0.15) is 0 Å². The van der Waals surface area contributed by atoms with Crippen LogP contribution in [0.5, 0.6) is 5.75 Å². The van der Waals surface area contributed by atoms with Gasteiger partial charge in [0.15, 0.2) is 0 Å². The topological polar surface area (TPSA) is 108 Å². The highest BCUT2D eigenvalue weighted by Crippen LogP contribution is 2.66. The van der Waals surface area contributed by atoms with Crippen molar-refractivity contribution in [3.8, 4) is 5.75 Å². The van der Waals surface area contributed by atoms with Crippen molar-refractivity contribution >= 4 is 35.2 Å². The number of methoxy groups -OCH3 is 1. The van der Waals surface area contributed by atoms with Gasteiger partial charge >= 0.3 is 0 Å². The Bertz CT molecular complexity index is 955. The second-order valence-electron chi connectivity index (χ2n) is 10.3. The predicted molar refractivity (Wildman–Crippen MR) is 136 cm³/mol. The van der Waals surface area contributed by atoms with E-state index in [1.165, 1.54) is 0 Å². The number of aliphatic hydroxyl groups is 1. The molecule has 1 aromatic carbocycles. The highest BCUT2D eigenvalue weighted by atomic mass is 32.2. The van der Waals surface area contributed by atoms with Gasteiger partial charge in [-0.05, 0) is 55.9 Å². The summed E-state index contributed by atoms with van der Waals surface area (Å²) in [6.45, 7) is 6.42. The number of fused-ring (bicyclic) bond motifs is 1. The molecule has 0 aromatic heterocycles. The Morgan fingerprint density at radius 1 is 1.26 bits per heavy atom. The summed E-state index contributed by atoms with van der Waals surface area (Å²) in [5, 5.41) is 16.3. The Morgan fingerprint density at radius 2 is 1.97 bits per heavy atom. The highest BCUT2D eigenvalue weighted by molar-refractivity contribution is 8.02. The van der Waals surface area contributed by atoms with Crippen molar-refractivity contribution in [3.05, 3.63) is 24.3 Å². The SMILES string of the molecule is CCCNC(=O)[C@@H]1[C@H]2C(=O)N([C@@H](CO)CC(C)C)C(C(=O)Nc3ccc(OC)cc3)C23CC[C@H]1S3. The number of hydrogen-bond donors (Lipinski definition) is 3. The molecule has 2 bridgehead atoms. The number of amides is 3. The molecule has 35 heavy (non-hydrogen) atoms. The van der Waals surface area contributed by atoms with Gasteiger partial charge in [0.05, 0.1) is 36.3 Å². The second kappa shape index (κ2) is 10.4. The minimum atomic E-state index is -0.753. The molecule has 6 atom stereocenters. The normalized spacial score (nSPS) is 29.9. The fraction of sp³-hybridized carbons (Fsp3) is 0.654. The molecular weight excluding hydrogens is 466 g/mol. The highest BCUT2D eigenvalue weighted by Gasteiger charge is 2.74. The Kier molecular flexibility index (Phi) is 7.66. The van der Waals surface area contributed by atoms with Gasteiger partial charge in [0.25, 0.3) is 0 Å². The smallest absolute Gasteiger partial charge is 0.248 e. The van der Waals surface area contributed by atoms with Crippen LogP contribution in [0.3, 0.4) is 0 Å². The summed E-state index contributed by atoms with van der Waals surface area (Å²) in [6.07, 6.45) is 2.90. The van der Waals surface area contributed by atoms with E-state index in [2.05, 4.69) is 10.6 Å². The molecule has 3 fully saturated rings. The summed E-state index contributed by atoms with van der Waals surface area (Å²) in [4.78, 5) is 42.7. The fourth-order valence-electron chi connectivity index (χ4n) is 6.16. The standard InChI is InChI=1S/C26H37N3O5S/c1-5-12-27-23(31)20-19-10-11-26(35-19)21(20)25(33)29(17(14-30)13-15(2)3)22(26)24(32)28-16-6-8-18(34-4)9-7-16/h6-9,15,17,19-22,30H,5,10-14H2,1-4H3,(H,27,31)(H,28,32)/t17-,19-,20+,21+,22?,26?/m1/s1. The van der Waals surface area contributed by atoms with E-state index in [0.717, 1.165) is 12.8 Å². The Balaban J connectivity index is 1.70. The van der Waals surface area contributed by atoms with Crippen LogP contribution in [0.15, 0.2) is 24.3 Å². The summed E-state index contributed by atoms with van der Waals surface area (Å²) in [6, 6.07) is 5.85. The van der Waals surface area contributed by atoms with E-state index in [0.29, 0.717) is 30.8 Å². The molecule has 192 valence electrons. The van der Waals surface area contributed by atoms with Crippen molar-refractivity contribution in [2.24, 2.45) is 17.8 Å². The minimum absolute atomic E-state index is 0.0249. The first-order valence-electron chi connectivity index (χ1n) is 12.6. The van der Waals surface area contributed by atoms with Crippen LogP contribution in [-0.2, 0) is 14.4 Å². The fourth-order valence-corrected chi connectivity index (χ4v) is 8.36. The Labute approximate surface area is 211 Å². The third-order valence-corrected chi connectivity index (χ3v) is 9.50. The van der Waals surface area contributed by atoms with Gasteiger partial charge in [-0.3, -0.25) is 14.4 Å². The molecule has 2 unspecified atom stereocenters. The van der Waals surface area contributed by atoms with E-state index in [1.807, 2.05) is 20.8 Å². The summed E-state index contributed by atoms with van der Waals surface area (Å²) in [7, 11) is 1.58. The molecule has 8 nitrogen and oxygen atoms in total. The molecule has 9 heteroatoms. The first-order valence-corrected chi connectivity index (χ1v) is 13.5. The van der Waals surface area contributed by atoms with Crippen molar-refractivity contribution < 1.29 is 24.2 Å². The van der Waals surface area contributed by atoms with Crippen molar-refractivity contribution in [3.63, 3.8) is 0 Å². The number of thioether (sulfide) groups is 1. The zero-order chi connectivity index (χ0) is 25.3. The quantitative estimate of drug-likeness (QED) is 0.453. The lowest BCUT2D eigenvalue weighted by atomic mass is 9.70. The largest absolute Gasteiger partial charge is 0.497 e. The molecule has 3 saturated heterocycles. The molecule has 3 amide bonds. The van der Waals surface area contributed by atoms with Gasteiger partial charge < -0.3 is 25.4 Å². The van der Waals surface area contributed by atoms with E-state index >= 15 is 0 Å². The molecular formula is C26H37N3O5S. The van der Waals surface area contributed by atoms with Crippen LogP contribution in [0, 0.1) is 17.8 Å². The van der Waals surface area contributed by atoms with Gasteiger partial charge in [0.1, 0.15) is 11.8 Å². The maximum atomic E-state index is 14.0. The number of carbonyl (C=O) groups excluding carboxylic acids is 3. The second-order valence-corrected chi connectivity index (χ2v) is 11.9. The lowest BCUT2D eigenvalue weighted by molar-refractivity contribution is -0.142. The van der Waals surface area contributed by atoms with E-state index in [4.69, 9.17) is 4.74 Å². The third-order valence-electron chi connectivity index (χ3n) is 7.54. The number of hydrogen-bond acceptors (Lipinski definition) is 6. The molecule has 4 rings (SSSR count). The molecule has 3 aliphatic rings. The van der Waals surface area contributed by atoms with Crippen molar-refractivity contribution in [2.75, 3.05) is 25.6 Å². The zero-order valence-electron chi connectivity index (χ0n) is 21.0. The number of anilines is 1. The number of ether oxygens (including phenoxy) is 1. The van der Waals surface area contributed by atoms with Gasteiger partial charge in [-0.25, -0.2) is 0 Å². The molecule has 0 radical (unpaired) electrons. The van der Waals surface area contributed by atoms with Crippen LogP contribution < -0.4 is 15.4 Å². The first kappa shape index (κ1) is 25.8. The lowest BCUT2D eigenvalue weighted by Gasteiger charge is -2.37.